The maximum atomic E-state index is 12.3. The molecule has 1 heteroatoms. The minimum Gasteiger partial charge on any atom is -0.294 e. The molecule has 4 rings (SSSR count). The van der Waals surface area contributed by atoms with E-state index < -0.39 is 0 Å². The lowest BCUT2D eigenvalue weighted by Crippen LogP contribution is -2.53. The lowest BCUT2D eigenvalue weighted by Gasteiger charge is -2.60. The summed E-state index contributed by atoms with van der Waals surface area (Å²) < 4.78 is 0. The molecule has 0 radical (unpaired) electrons. The molecule has 0 heterocycles. The van der Waals surface area contributed by atoms with Crippen LogP contribution in [-0.4, -0.2) is 5.78 Å². The van der Waals surface area contributed by atoms with E-state index in [4.69, 9.17) is 0 Å². The molecule has 7 atom stereocenters. The van der Waals surface area contributed by atoms with Crippen LogP contribution in [0.15, 0.2) is 12.2 Å². The van der Waals surface area contributed by atoms with Gasteiger partial charge in [-0.05, 0) is 79.6 Å². The van der Waals surface area contributed by atoms with Gasteiger partial charge in [-0.15, -0.1) is 0 Å². The Bertz CT molecular complexity index is 492. The van der Waals surface area contributed by atoms with Crippen LogP contribution in [0.4, 0.5) is 0 Å². The third-order valence-electron chi connectivity index (χ3n) is 8.20. The molecule has 21 heavy (non-hydrogen) atoms. The summed E-state index contributed by atoms with van der Waals surface area (Å²) in [5.74, 6) is 4.49. The van der Waals surface area contributed by atoms with Gasteiger partial charge in [-0.25, -0.2) is 0 Å². The fourth-order valence-corrected chi connectivity index (χ4v) is 6.75. The summed E-state index contributed by atoms with van der Waals surface area (Å²) in [6, 6.07) is 0. The summed E-state index contributed by atoms with van der Waals surface area (Å²) >= 11 is 0. The minimum atomic E-state index is -0.0493. The van der Waals surface area contributed by atoms with Gasteiger partial charge in [0.15, 0.2) is 5.78 Å². The quantitative estimate of drug-likeness (QED) is 0.611. The highest BCUT2D eigenvalue weighted by atomic mass is 16.1. The fraction of sp³-hybridized carbons (Fsp3) is 0.850. The van der Waals surface area contributed by atoms with Crippen LogP contribution >= 0.6 is 0 Å². The highest BCUT2D eigenvalue weighted by Gasteiger charge is 2.58. The summed E-state index contributed by atoms with van der Waals surface area (Å²) in [4.78, 5) is 12.3. The van der Waals surface area contributed by atoms with Gasteiger partial charge in [0.05, 0.1) is 0 Å². The Hall–Kier alpha value is -0.590. The number of ketones is 1. The third kappa shape index (κ3) is 1.79. The van der Waals surface area contributed by atoms with Gasteiger partial charge in [-0.1, -0.05) is 33.3 Å². The summed E-state index contributed by atoms with van der Waals surface area (Å²) in [5.41, 5.74) is 0.516. The SMILES string of the molecule is C[C@H]1CC[C@]2(C)C3CC[C@]4(C)C(=O)C=C[C@H]4[C@@H]3CC[C@H]2C1. The van der Waals surface area contributed by atoms with Crippen molar-refractivity contribution in [3.63, 3.8) is 0 Å². The zero-order valence-electron chi connectivity index (χ0n) is 13.9. The first-order valence-corrected chi connectivity index (χ1v) is 9.18. The van der Waals surface area contributed by atoms with E-state index in [0.717, 1.165) is 30.1 Å². The molecular formula is C20H30O. The number of fused-ring (bicyclic) bond motifs is 5. The second-order valence-electron chi connectivity index (χ2n) is 9.14. The molecule has 0 bridgehead atoms. The van der Waals surface area contributed by atoms with Crippen molar-refractivity contribution >= 4 is 5.78 Å². The van der Waals surface area contributed by atoms with Crippen molar-refractivity contribution < 1.29 is 4.79 Å². The topological polar surface area (TPSA) is 17.1 Å². The lowest BCUT2D eigenvalue weighted by atomic mass is 9.45. The second-order valence-corrected chi connectivity index (χ2v) is 9.14. The van der Waals surface area contributed by atoms with E-state index in [2.05, 4.69) is 26.8 Å². The second kappa shape index (κ2) is 4.46. The monoisotopic (exact) mass is 286 g/mol. The normalized spacial score (nSPS) is 55.8. The highest BCUT2D eigenvalue weighted by molar-refractivity contribution is 5.97. The molecule has 1 unspecified atom stereocenters. The van der Waals surface area contributed by atoms with E-state index >= 15 is 0 Å². The van der Waals surface area contributed by atoms with Crippen molar-refractivity contribution in [3.05, 3.63) is 12.2 Å². The molecule has 0 spiro atoms. The zero-order valence-corrected chi connectivity index (χ0v) is 13.9. The molecule has 0 amide bonds. The van der Waals surface area contributed by atoms with Gasteiger partial charge in [0.2, 0.25) is 0 Å². The average molecular weight is 286 g/mol. The highest BCUT2D eigenvalue weighted by Crippen LogP contribution is 2.64. The van der Waals surface area contributed by atoms with Crippen LogP contribution in [0.3, 0.4) is 0 Å². The Kier molecular flexibility index (Phi) is 2.98. The number of carbonyl (C=O) groups is 1. The van der Waals surface area contributed by atoms with Crippen molar-refractivity contribution in [2.75, 3.05) is 0 Å². The van der Waals surface area contributed by atoms with Gasteiger partial charge in [0.1, 0.15) is 0 Å². The van der Waals surface area contributed by atoms with Crippen molar-refractivity contribution in [1.29, 1.82) is 0 Å². The number of hydrogen-bond acceptors (Lipinski definition) is 1. The van der Waals surface area contributed by atoms with E-state index in [1.54, 1.807) is 0 Å². The molecule has 4 aliphatic rings. The van der Waals surface area contributed by atoms with E-state index in [0.29, 0.717) is 17.1 Å². The molecule has 0 aliphatic heterocycles. The fourth-order valence-electron chi connectivity index (χ4n) is 6.75. The van der Waals surface area contributed by atoms with Crippen LogP contribution in [-0.2, 0) is 4.79 Å². The van der Waals surface area contributed by atoms with Crippen molar-refractivity contribution in [3.8, 4) is 0 Å². The zero-order chi connectivity index (χ0) is 14.8. The summed E-state index contributed by atoms with van der Waals surface area (Å²) in [7, 11) is 0. The molecule has 0 saturated heterocycles. The Morgan fingerprint density at radius 1 is 1.10 bits per heavy atom. The van der Waals surface area contributed by atoms with Gasteiger partial charge >= 0.3 is 0 Å². The van der Waals surface area contributed by atoms with E-state index in [-0.39, 0.29) is 5.41 Å². The third-order valence-corrected chi connectivity index (χ3v) is 8.20. The first-order valence-electron chi connectivity index (χ1n) is 9.18. The van der Waals surface area contributed by atoms with Crippen LogP contribution < -0.4 is 0 Å². The van der Waals surface area contributed by atoms with Crippen molar-refractivity contribution in [1.82, 2.24) is 0 Å². The Morgan fingerprint density at radius 2 is 1.90 bits per heavy atom. The molecule has 0 aromatic heterocycles. The number of allylic oxidation sites excluding steroid dienone is 2. The van der Waals surface area contributed by atoms with E-state index in [1.807, 2.05) is 6.08 Å². The predicted octanol–water partition coefficient (Wildman–Crippen LogP) is 5.01. The van der Waals surface area contributed by atoms with Gasteiger partial charge in [0, 0.05) is 5.41 Å². The summed E-state index contributed by atoms with van der Waals surface area (Å²) in [6.07, 6.45) is 13.7. The van der Waals surface area contributed by atoms with Crippen LogP contribution in [0, 0.1) is 40.4 Å². The maximum absolute atomic E-state index is 12.3. The van der Waals surface area contributed by atoms with Crippen molar-refractivity contribution in [2.24, 2.45) is 40.4 Å². The molecular weight excluding hydrogens is 256 g/mol. The van der Waals surface area contributed by atoms with E-state index in [1.165, 1.54) is 38.5 Å². The van der Waals surface area contributed by atoms with E-state index in [9.17, 15) is 4.79 Å². The molecule has 4 aliphatic carbocycles. The summed E-state index contributed by atoms with van der Waals surface area (Å²) in [5, 5.41) is 0. The molecule has 0 aromatic rings. The van der Waals surface area contributed by atoms with Gasteiger partial charge in [0.25, 0.3) is 0 Å². The molecule has 1 nitrogen and oxygen atoms in total. The molecule has 116 valence electrons. The van der Waals surface area contributed by atoms with Gasteiger partial charge in [-0.3, -0.25) is 4.79 Å². The first-order chi connectivity index (χ1) is 9.95. The maximum Gasteiger partial charge on any atom is 0.161 e. The van der Waals surface area contributed by atoms with Crippen LogP contribution in [0.25, 0.3) is 0 Å². The smallest absolute Gasteiger partial charge is 0.161 e. The standard InChI is InChI=1S/C20H30O/c1-13-8-10-19(2)14(12-13)4-5-15-16-6-7-18(21)20(16,3)11-9-17(15)19/h6-7,13-17H,4-5,8-12H2,1-3H3/t13-,14-,15-,16-,17?,19-,20-/m0/s1. The molecule has 0 N–H and O–H groups in total. The largest absolute Gasteiger partial charge is 0.294 e. The predicted molar refractivity (Wildman–Crippen MR) is 85.8 cm³/mol. The Labute approximate surface area is 129 Å². The minimum absolute atomic E-state index is 0.0493. The Morgan fingerprint density at radius 3 is 2.71 bits per heavy atom. The first kappa shape index (κ1) is 14.0. The van der Waals surface area contributed by atoms with Gasteiger partial charge in [-0.2, -0.15) is 0 Å². The van der Waals surface area contributed by atoms with Gasteiger partial charge < -0.3 is 0 Å². The number of carbonyl (C=O) groups excluding carboxylic acids is 1. The van der Waals surface area contributed by atoms with Crippen molar-refractivity contribution in [2.45, 2.75) is 65.7 Å². The lowest BCUT2D eigenvalue weighted by molar-refractivity contribution is -0.137. The molecule has 3 saturated carbocycles. The van der Waals surface area contributed by atoms with Crippen LogP contribution in [0.2, 0.25) is 0 Å². The number of rotatable bonds is 0. The average Bonchev–Trinajstić information content (AvgIpc) is 2.76. The molecule has 3 fully saturated rings. The Balaban J connectivity index is 1.65. The number of hydrogen-bond donors (Lipinski definition) is 0. The molecule has 0 aromatic carbocycles. The van der Waals surface area contributed by atoms with Crippen LogP contribution in [0.1, 0.15) is 65.7 Å². The van der Waals surface area contributed by atoms with Crippen LogP contribution in [0.5, 0.6) is 0 Å². The summed E-state index contributed by atoms with van der Waals surface area (Å²) in [6.45, 7) is 7.29.